The van der Waals surface area contributed by atoms with Gasteiger partial charge in [0.15, 0.2) is 0 Å². The molecule has 3 heteroatoms. The molecule has 0 atom stereocenters. The second kappa shape index (κ2) is 5.33. The molecule has 0 amide bonds. The predicted octanol–water partition coefficient (Wildman–Crippen LogP) is 4.95. The van der Waals surface area contributed by atoms with Gasteiger partial charge < -0.3 is 5.32 Å². The lowest BCUT2D eigenvalue weighted by molar-refractivity contribution is 0.373. The summed E-state index contributed by atoms with van der Waals surface area (Å²) >= 11 is 3.37. The number of hydrogen-bond donors (Lipinski definition) is 1. The number of hydrogen-bond acceptors (Lipinski definition) is 1. The molecule has 0 bridgehead atoms. The summed E-state index contributed by atoms with van der Waals surface area (Å²) in [6.07, 6.45) is 2.13. The van der Waals surface area contributed by atoms with Crippen LogP contribution in [-0.2, 0) is 0 Å². The Morgan fingerprint density at radius 3 is 2.53 bits per heavy atom. The molecule has 0 saturated heterocycles. The van der Waals surface area contributed by atoms with E-state index in [9.17, 15) is 4.39 Å². The maximum atomic E-state index is 13.6. The van der Waals surface area contributed by atoms with Crippen LogP contribution in [0.25, 0.3) is 0 Å². The molecule has 0 heterocycles. The first kappa shape index (κ1) is 12.7. The number of halogens is 2. The van der Waals surface area contributed by atoms with E-state index < -0.39 is 0 Å². The van der Waals surface area contributed by atoms with Gasteiger partial charge in [0.1, 0.15) is 5.82 Å². The van der Waals surface area contributed by atoms with Gasteiger partial charge in [-0.05, 0) is 42.5 Å². The Labute approximate surface area is 121 Å². The highest BCUT2D eigenvalue weighted by atomic mass is 79.9. The molecule has 1 aliphatic carbocycles. The first-order valence-corrected chi connectivity index (χ1v) is 7.28. The second-order valence-corrected chi connectivity index (χ2v) is 5.96. The van der Waals surface area contributed by atoms with Crippen molar-refractivity contribution in [2.75, 3.05) is 5.32 Å². The molecule has 0 spiro atoms. The summed E-state index contributed by atoms with van der Waals surface area (Å²) in [5.74, 6) is 0.417. The van der Waals surface area contributed by atoms with E-state index in [2.05, 4.69) is 45.5 Å². The molecule has 1 nitrogen and oxygen atoms in total. The molecule has 1 N–H and O–H groups in total. The molecule has 0 aromatic heterocycles. The molecule has 0 aliphatic heterocycles. The average Bonchev–Trinajstić information content (AvgIpc) is 2.38. The van der Waals surface area contributed by atoms with Gasteiger partial charge in [-0.2, -0.15) is 0 Å². The third kappa shape index (κ3) is 2.81. The van der Waals surface area contributed by atoms with Gasteiger partial charge in [-0.15, -0.1) is 0 Å². The Morgan fingerprint density at radius 2 is 1.79 bits per heavy atom. The zero-order valence-electron chi connectivity index (χ0n) is 10.4. The zero-order chi connectivity index (χ0) is 13.2. The van der Waals surface area contributed by atoms with Crippen LogP contribution >= 0.6 is 15.9 Å². The summed E-state index contributed by atoms with van der Waals surface area (Å²) in [4.78, 5) is 0. The second-order valence-electron chi connectivity index (χ2n) is 5.04. The van der Waals surface area contributed by atoms with Crippen molar-refractivity contribution in [1.82, 2.24) is 0 Å². The molecule has 2 aromatic carbocycles. The maximum Gasteiger partial charge on any atom is 0.146 e. The lowest BCUT2D eigenvalue weighted by Crippen LogP contribution is -2.34. The van der Waals surface area contributed by atoms with Gasteiger partial charge in [-0.1, -0.05) is 46.3 Å². The van der Waals surface area contributed by atoms with Gasteiger partial charge in [-0.25, -0.2) is 4.39 Å². The van der Waals surface area contributed by atoms with Crippen LogP contribution in [0.4, 0.5) is 10.1 Å². The molecule has 3 rings (SSSR count). The Kier molecular flexibility index (Phi) is 3.56. The van der Waals surface area contributed by atoms with Gasteiger partial charge in [0.2, 0.25) is 0 Å². The monoisotopic (exact) mass is 319 g/mol. The van der Waals surface area contributed by atoms with Crippen molar-refractivity contribution < 1.29 is 4.39 Å². The lowest BCUT2D eigenvalue weighted by Gasteiger charge is -2.37. The number of rotatable bonds is 3. The summed E-state index contributed by atoms with van der Waals surface area (Å²) < 4.78 is 14.5. The first-order valence-electron chi connectivity index (χ1n) is 6.49. The van der Waals surface area contributed by atoms with Gasteiger partial charge >= 0.3 is 0 Å². The number of anilines is 1. The minimum atomic E-state index is -0.189. The fraction of sp³-hybridized carbons (Fsp3) is 0.250. The zero-order valence-corrected chi connectivity index (χ0v) is 12.0. The average molecular weight is 320 g/mol. The highest BCUT2D eigenvalue weighted by Crippen LogP contribution is 2.38. The van der Waals surface area contributed by atoms with E-state index in [0.29, 0.717) is 17.6 Å². The Morgan fingerprint density at radius 1 is 1.05 bits per heavy atom. The maximum absolute atomic E-state index is 13.6. The topological polar surface area (TPSA) is 12.0 Å². The Hall–Kier alpha value is -1.35. The van der Waals surface area contributed by atoms with Crippen LogP contribution in [0.1, 0.15) is 24.3 Å². The molecular formula is C16H15BrFN. The van der Waals surface area contributed by atoms with Gasteiger partial charge in [-0.3, -0.25) is 0 Å². The highest BCUT2D eigenvalue weighted by molar-refractivity contribution is 9.10. The summed E-state index contributed by atoms with van der Waals surface area (Å²) in [5.41, 5.74) is 1.97. The molecule has 1 saturated carbocycles. The number of nitrogens with one attached hydrogen (secondary N) is 1. The SMILES string of the molecule is Fc1ccc(Br)cc1NC1CC(c2ccccc2)C1. The molecule has 1 fully saturated rings. The molecule has 19 heavy (non-hydrogen) atoms. The highest BCUT2D eigenvalue weighted by Gasteiger charge is 2.30. The summed E-state index contributed by atoms with van der Waals surface area (Å²) in [7, 11) is 0. The van der Waals surface area contributed by atoms with Crippen LogP contribution in [0, 0.1) is 5.82 Å². The predicted molar refractivity (Wildman–Crippen MR) is 79.9 cm³/mol. The van der Waals surface area contributed by atoms with Crippen LogP contribution in [0.5, 0.6) is 0 Å². The third-order valence-electron chi connectivity index (χ3n) is 3.70. The normalized spacial score (nSPS) is 21.8. The van der Waals surface area contributed by atoms with E-state index in [1.165, 1.54) is 11.6 Å². The van der Waals surface area contributed by atoms with Crippen molar-refractivity contribution in [2.45, 2.75) is 24.8 Å². The molecule has 98 valence electrons. The lowest BCUT2D eigenvalue weighted by atomic mass is 9.76. The van der Waals surface area contributed by atoms with E-state index in [-0.39, 0.29) is 5.82 Å². The van der Waals surface area contributed by atoms with Gasteiger partial charge in [0, 0.05) is 10.5 Å². The fourth-order valence-electron chi connectivity index (χ4n) is 2.56. The third-order valence-corrected chi connectivity index (χ3v) is 4.19. The van der Waals surface area contributed by atoms with E-state index in [4.69, 9.17) is 0 Å². The van der Waals surface area contributed by atoms with Crippen LogP contribution < -0.4 is 5.32 Å². The summed E-state index contributed by atoms with van der Waals surface area (Å²) in [5, 5.41) is 3.28. The van der Waals surface area contributed by atoms with E-state index in [1.807, 2.05) is 6.07 Å². The largest absolute Gasteiger partial charge is 0.380 e. The fourth-order valence-corrected chi connectivity index (χ4v) is 2.92. The molecular weight excluding hydrogens is 305 g/mol. The van der Waals surface area contributed by atoms with Crippen LogP contribution in [0.3, 0.4) is 0 Å². The van der Waals surface area contributed by atoms with Crippen molar-refractivity contribution in [1.29, 1.82) is 0 Å². The van der Waals surface area contributed by atoms with Crippen molar-refractivity contribution >= 4 is 21.6 Å². The number of benzene rings is 2. The quantitative estimate of drug-likeness (QED) is 0.844. The minimum Gasteiger partial charge on any atom is -0.380 e. The van der Waals surface area contributed by atoms with Crippen molar-refractivity contribution in [3.05, 3.63) is 64.4 Å². The van der Waals surface area contributed by atoms with Crippen LogP contribution in [-0.4, -0.2) is 6.04 Å². The summed E-state index contributed by atoms with van der Waals surface area (Å²) in [6, 6.07) is 15.9. The first-order chi connectivity index (χ1) is 9.22. The molecule has 1 aliphatic rings. The molecule has 2 aromatic rings. The Balaban J connectivity index is 1.61. The minimum absolute atomic E-state index is 0.189. The van der Waals surface area contributed by atoms with E-state index >= 15 is 0 Å². The van der Waals surface area contributed by atoms with E-state index in [0.717, 1.165) is 17.3 Å². The van der Waals surface area contributed by atoms with Crippen molar-refractivity contribution in [3.8, 4) is 0 Å². The smallest absolute Gasteiger partial charge is 0.146 e. The molecule has 0 radical (unpaired) electrons. The van der Waals surface area contributed by atoms with Gasteiger partial charge in [0.25, 0.3) is 0 Å². The standard InChI is InChI=1S/C16H15BrFN/c17-13-6-7-15(18)16(10-13)19-14-8-12(9-14)11-4-2-1-3-5-11/h1-7,10,12,14,19H,8-9H2. The van der Waals surface area contributed by atoms with Crippen LogP contribution in [0.15, 0.2) is 53.0 Å². The van der Waals surface area contributed by atoms with Gasteiger partial charge in [0.05, 0.1) is 5.69 Å². The van der Waals surface area contributed by atoms with E-state index in [1.54, 1.807) is 12.1 Å². The van der Waals surface area contributed by atoms with Crippen LogP contribution in [0.2, 0.25) is 0 Å². The van der Waals surface area contributed by atoms with Crippen molar-refractivity contribution in [2.24, 2.45) is 0 Å². The molecule has 0 unspecified atom stereocenters. The van der Waals surface area contributed by atoms with Crippen molar-refractivity contribution in [3.63, 3.8) is 0 Å². The Bertz CT molecular complexity index is 564. The summed E-state index contributed by atoms with van der Waals surface area (Å²) in [6.45, 7) is 0.